The molecule has 1 aromatic carbocycles. The van der Waals surface area contributed by atoms with Gasteiger partial charge in [0.2, 0.25) is 5.60 Å². The standard InChI is InChI=1S/C41H58N7O9P/c1-2-3-4-5-6-7-8-9-10-11-12-13-14-15-16-19-24-54-26-31(47-38(49)32-21-18-17-20-30(32)25-42)27-55-58(52,53)57-36-35-41(36,51)39(50)40(28-43,56-35)34-23-22-33-37(44)45-29-46-48(33)34/h17-18,20-23,29,31,35-36,39,50-51H,2-16,19,24,26-27H2,1H3,(H,47,49)(H,52,53)(H2,44,45,46)/t31-,35-,36?,39+,40+,41+/m1/s1. The normalized spacial score (nSPS) is 23.8. The van der Waals surface area contributed by atoms with E-state index in [0.29, 0.717) is 12.1 Å². The van der Waals surface area contributed by atoms with Crippen molar-refractivity contribution in [1.29, 1.82) is 10.5 Å². The molecule has 17 heteroatoms. The minimum Gasteiger partial charge on any atom is -0.385 e. The van der Waals surface area contributed by atoms with E-state index >= 15 is 0 Å². The van der Waals surface area contributed by atoms with Gasteiger partial charge >= 0.3 is 7.82 Å². The van der Waals surface area contributed by atoms with E-state index in [2.05, 4.69) is 22.3 Å². The molecule has 0 spiro atoms. The predicted octanol–water partition coefficient (Wildman–Crippen LogP) is 5.99. The van der Waals surface area contributed by atoms with Crippen LogP contribution in [0.5, 0.6) is 0 Å². The number of carbonyl (C=O) groups excluding carboxylic acids is 1. The molecule has 3 aromatic rings. The number of unbranched alkanes of at least 4 members (excludes halogenated alkanes) is 15. The smallest absolute Gasteiger partial charge is 0.385 e. The molecule has 2 fully saturated rings. The van der Waals surface area contributed by atoms with Crippen molar-refractivity contribution in [3.8, 4) is 12.1 Å². The van der Waals surface area contributed by atoms with Crippen molar-refractivity contribution < 1.29 is 43.0 Å². The first-order valence-electron chi connectivity index (χ1n) is 20.6. The Balaban J connectivity index is 1.06. The minimum atomic E-state index is -4.96. The number of hydrogen-bond donors (Lipinski definition) is 5. The molecule has 1 aliphatic carbocycles. The fourth-order valence-corrected chi connectivity index (χ4v) is 8.61. The number of nitrogen functional groups attached to an aromatic ring is 1. The molecule has 1 saturated heterocycles. The van der Waals surface area contributed by atoms with Gasteiger partial charge in [0.15, 0.2) is 11.4 Å². The quantitative estimate of drug-likeness (QED) is 0.0438. The van der Waals surface area contributed by atoms with Gasteiger partial charge in [0.1, 0.15) is 36.2 Å². The van der Waals surface area contributed by atoms with Gasteiger partial charge in [-0.3, -0.25) is 13.8 Å². The van der Waals surface area contributed by atoms with E-state index < -0.39 is 55.9 Å². The number of ether oxygens (including phenoxy) is 2. The molecular formula is C41H58N7O9P. The molecule has 5 rings (SSSR count). The number of nitriles is 2. The Kier molecular flexibility index (Phi) is 16.6. The summed E-state index contributed by atoms with van der Waals surface area (Å²) in [5.74, 6) is -0.495. The molecule has 316 valence electrons. The SMILES string of the molecule is CCCCCCCCCCCCCCCCCCOC[C@H](COP(=O)(O)OC1[C@H]2O[C@@](C#N)(c3ccc4c(N)ncnn34)[C@H](O)[C@@]12O)NC(=O)c1ccccc1C#N. The first kappa shape index (κ1) is 45.1. The highest BCUT2D eigenvalue weighted by Crippen LogP contribution is 2.63. The molecule has 6 N–H and O–H groups in total. The monoisotopic (exact) mass is 823 g/mol. The molecule has 58 heavy (non-hydrogen) atoms. The van der Waals surface area contributed by atoms with E-state index in [4.69, 9.17) is 24.3 Å². The fraction of sp³-hybridized carbons (Fsp3) is 0.634. The Labute approximate surface area is 340 Å². The van der Waals surface area contributed by atoms with Crippen LogP contribution in [0, 0.1) is 22.7 Å². The van der Waals surface area contributed by atoms with Gasteiger partial charge in [-0.15, -0.1) is 0 Å². The van der Waals surface area contributed by atoms with Crippen molar-refractivity contribution in [2.24, 2.45) is 0 Å². The number of phosphoric ester groups is 1. The number of nitrogens with one attached hydrogen (secondary N) is 1. The van der Waals surface area contributed by atoms with Crippen LogP contribution in [0.25, 0.3) is 5.52 Å². The first-order valence-corrected chi connectivity index (χ1v) is 22.1. The van der Waals surface area contributed by atoms with Crippen LogP contribution >= 0.6 is 7.82 Å². The highest BCUT2D eigenvalue weighted by molar-refractivity contribution is 7.47. The maximum Gasteiger partial charge on any atom is 0.472 e. The van der Waals surface area contributed by atoms with Crippen molar-refractivity contribution in [2.75, 3.05) is 25.6 Å². The van der Waals surface area contributed by atoms with Crippen LogP contribution in [-0.4, -0.2) is 85.4 Å². The topological polar surface area (TPSA) is 248 Å². The zero-order chi connectivity index (χ0) is 41.6. The third-order valence-corrected chi connectivity index (χ3v) is 12.0. The molecule has 16 nitrogen and oxygen atoms in total. The number of fused-ring (bicyclic) bond motifs is 2. The number of aliphatic hydroxyl groups excluding tert-OH is 1. The highest BCUT2D eigenvalue weighted by Gasteiger charge is 2.83. The van der Waals surface area contributed by atoms with Gasteiger partial charge in [-0.25, -0.2) is 14.1 Å². The Morgan fingerprint density at radius 2 is 1.60 bits per heavy atom. The molecular weight excluding hydrogens is 765 g/mol. The average molecular weight is 824 g/mol. The second-order valence-corrected chi connectivity index (χ2v) is 16.7. The summed E-state index contributed by atoms with van der Waals surface area (Å²) in [7, 11) is -4.96. The maximum atomic E-state index is 13.2. The number of nitrogens with two attached hydrogens (primary N) is 1. The van der Waals surface area contributed by atoms with Crippen molar-refractivity contribution in [2.45, 2.75) is 145 Å². The van der Waals surface area contributed by atoms with Gasteiger partial charge in [-0.1, -0.05) is 115 Å². The lowest BCUT2D eigenvalue weighted by Gasteiger charge is -2.29. The summed E-state index contributed by atoms with van der Waals surface area (Å²) in [6.07, 6.45) is 16.2. The van der Waals surface area contributed by atoms with Crippen LogP contribution in [-0.2, 0) is 28.7 Å². The number of hydrogen-bond acceptors (Lipinski definition) is 13. The molecule has 1 amide bonds. The number of aliphatic hydroxyl groups is 2. The third kappa shape index (κ3) is 11.0. The average Bonchev–Trinajstić information content (AvgIpc) is 3.45. The Morgan fingerprint density at radius 1 is 0.983 bits per heavy atom. The summed E-state index contributed by atoms with van der Waals surface area (Å²) < 4.78 is 36.7. The predicted molar refractivity (Wildman–Crippen MR) is 214 cm³/mol. The molecule has 2 aromatic heterocycles. The lowest BCUT2D eigenvalue weighted by molar-refractivity contribution is -0.106. The van der Waals surface area contributed by atoms with Crippen LogP contribution in [0.3, 0.4) is 0 Å². The van der Waals surface area contributed by atoms with Crippen LogP contribution in [0.2, 0.25) is 0 Å². The Morgan fingerprint density at radius 3 is 2.19 bits per heavy atom. The van der Waals surface area contributed by atoms with Crippen LogP contribution in [0.1, 0.15) is 131 Å². The van der Waals surface area contributed by atoms with Crippen LogP contribution in [0.4, 0.5) is 5.82 Å². The van der Waals surface area contributed by atoms with E-state index in [0.717, 1.165) is 32.0 Å². The number of phosphoric acid groups is 1. The van der Waals surface area contributed by atoms with Crippen LogP contribution < -0.4 is 11.1 Å². The lowest BCUT2D eigenvalue weighted by atomic mass is 9.90. The van der Waals surface area contributed by atoms with Gasteiger partial charge in [-0.05, 0) is 30.7 Å². The molecule has 2 unspecified atom stereocenters. The number of benzene rings is 1. The minimum absolute atomic E-state index is 0.0607. The van der Waals surface area contributed by atoms with Crippen molar-refractivity contribution in [1.82, 2.24) is 19.9 Å². The highest BCUT2D eigenvalue weighted by atomic mass is 31.2. The molecule has 7 atom stereocenters. The van der Waals surface area contributed by atoms with E-state index in [-0.39, 0.29) is 29.2 Å². The zero-order valence-electron chi connectivity index (χ0n) is 33.3. The molecule has 0 radical (unpaired) electrons. The zero-order valence-corrected chi connectivity index (χ0v) is 34.2. The second-order valence-electron chi connectivity index (χ2n) is 15.3. The second kappa shape index (κ2) is 21.3. The van der Waals surface area contributed by atoms with E-state index in [9.17, 15) is 35.0 Å². The number of amides is 1. The van der Waals surface area contributed by atoms with Gasteiger partial charge in [0.05, 0.1) is 42.1 Å². The summed E-state index contributed by atoms with van der Waals surface area (Å²) in [6.45, 7) is 2.04. The largest absolute Gasteiger partial charge is 0.472 e. The lowest BCUT2D eigenvalue weighted by Crippen LogP contribution is -2.47. The van der Waals surface area contributed by atoms with Gasteiger partial charge < -0.3 is 35.6 Å². The van der Waals surface area contributed by atoms with E-state index in [1.807, 2.05) is 12.1 Å². The number of aromatic nitrogens is 3. The van der Waals surface area contributed by atoms with E-state index in [1.54, 1.807) is 12.1 Å². The Hall–Kier alpha value is -3.96. The molecule has 1 aliphatic heterocycles. The van der Waals surface area contributed by atoms with Crippen molar-refractivity contribution >= 4 is 25.1 Å². The first-order chi connectivity index (χ1) is 28.0. The number of nitrogens with zero attached hydrogens (tertiary/aromatic N) is 5. The molecule has 0 bridgehead atoms. The number of anilines is 1. The third-order valence-electron chi connectivity index (χ3n) is 11.0. The van der Waals surface area contributed by atoms with Gasteiger partial charge in [0.25, 0.3) is 5.91 Å². The summed E-state index contributed by atoms with van der Waals surface area (Å²) in [5.41, 5.74) is 2.20. The van der Waals surface area contributed by atoms with Gasteiger partial charge in [0, 0.05) is 6.61 Å². The van der Waals surface area contributed by atoms with Crippen LogP contribution in [0.15, 0.2) is 42.7 Å². The summed E-state index contributed by atoms with van der Waals surface area (Å²) in [6, 6.07) is 12.1. The summed E-state index contributed by atoms with van der Waals surface area (Å²) in [4.78, 5) is 27.8. The van der Waals surface area contributed by atoms with Crippen molar-refractivity contribution in [3.05, 3.63) is 59.5 Å². The number of carbonyl (C=O) groups is 1. The van der Waals surface area contributed by atoms with Crippen molar-refractivity contribution in [3.63, 3.8) is 0 Å². The molecule has 1 saturated carbocycles. The van der Waals surface area contributed by atoms with Gasteiger partial charge in [-0.2, -0.15) is 15.6 Å². The number of rotatable bonds is 27. The summed E-state index contributed by atoms with van der Waals surface area (Å²) in [5, 5.41) is 49.0. The fourth-order valence-electron chi connectivity index (χ4n) is 7.62. The summed E-state index contributed by atoms with van der Waals surface area (Å²) >= 11 is 0. The van der Waals surface area contributed by atoms with E-state index in [1.165, 1.54) is 106 Å². The Bertz CT molecular complexity index is 1930. The maximum absolute atomic E-state index is 13.2. The molecule has 3 heterocycles. The molecule has 2 aliphatic rings.